The van der Waals surface area contributed by atoms with Gasteiger partial charge in [-0.15, -0.1) is 0 Å². The van der Waals surface area contributed by atoms with Crippen LogP contribution in [0, 0.1) is 0 Å². The largest absolute Gasteiger partial charge is 0.484 e. The SMILES string of the molecule is O=C(COc1ccc(Br)cc1)NNC(=O)C[NH+]1CCCC1. The predicted octanol–water partition coefficient (Wildman–Crippen LogP) is -0.346. The summed E-state index contributed by atoms with van der Waals surface area (Å²) < 4.78 is 6.24. The van der Waals surface area contributed by atoms with Crippen LogP contribution in [0.2, 0.25) is 0 Å². The third kappa shape index (κ3) is 5.73. The van der Waals surface area contributed by atoms with Crippen LogP contribution in [0.3, 0.4) is 0 Å². The smallest absolute Gasteiger partial charge is 0.293 e. The molecule has 0 unspecified atom stereocenters. The van der Waals surface area contributed by atoms with E-state index in [4.69, 9.17) is 4.74 Å². The van der Waals surface area contributed by atoms with Crippen LogP contribution in [0.4, 0.5) is 0 Å². The molecule has 7 heteroatoms. The van der Waals surface area contributed by atoms with Crippen molar-refractivity contribution in [1.29, 1.82) is 0 Å². The van der Waals surface area contributed by atoms with Crippen molar-refractivity contribution in [3.05, 3.63) is 28.7 Å². The Morgan fingerprint density at radius 1 is 1.10 bits per heavy atom. The van der Waals surface area contributed by atoms with Crippen LogP contribution in [0.15, 0.2) is 28.7 Å². The molecule has 2 rings (SSSR count). The van der Waals surface area contributed by atoms with Gasteiger partial charge in [0.15, 0.2) is 13.2 Å². The van der Waals surface area contributed by atoms with Crippen LogP contribution in [-0.4, -0.2) is 38.1 Å². The van der Waals surface area contributed by atoms with Crippen LogP contribution >= 0.6 is 15.9 Å². The normalized spacial score (nSPS) is 14.7. The Bertz CT molecular complexity index is 487. The van der Waals surface area contributed by atoms with Crippen LogP contribution in [-0.2, 0) is 9.59 Å². The molecule has 1 heterocycles. The molecule has 1 aromatic carbocycles. The topological polar surface area (TPSA) is 71.9 Å². The lowest BCUT2D eigenvalue weighted by molar-refractivity contribution is -0.879. The number of amides is 2. The number of carbonyl (C=O) groups is 2. The molecule has 0 bridgehead atoms. The molecule has 1 fully saturated rings. The minimum Gasteiger partial charge on any atom is -0.484 e. The Kier molecular flexibility index (Phi) is 6.01. The molecule has 1 aromatic rings. The first-order valence-corrected chi connectivity index (χ1v) is 7.72. The van der Waals surface area contributed by atoms with E-state index in [1.54, 1.807) is 12.1 Å². The number of halogens is 1. The van der Waals surface area contributed by atoms with E-state index in [1.165, 1.54) is 4.90 Å². The third-order valence-electron chi connectivity index (χ3n) is 3.25. The highest BCUT2D eigenvalue weighted by Gasteiger charge is 2.18. The second kappa shape index (κ2) is 7.99. The first-order valence-electron chi connectivity index (χ1n) is 6.93. The molecule has 0 atom stereocenters. The highest BCUT2D eigenvalue weighted by Crippen LogP contribution is 2.15. The number of hydrogen-bond acceptors (Lipinski definition) is 3. The summed E-state index contributed by atoms with van der Waals surface area (Å²) in [5.74, 6) is 0.0350. The second-order valence-corrected chi connectivity index (χ2v) is 5.89. The van der Waals surface area contributed by atoms with Crippen LogP contribution in [0.1, 0.15) is 12.8 Å². The number of hydrazine groups is 1. The van der Waals surface area contributed by atoms with Gasteiger partial charge in [-0.05, 0) is 24.3 Å². The summed E-state index contributed by atoms with van der Waals surface area (Å²) in [6.45, 7) is 2.30. The van der Waals surface area contributed by atoms with E-state index in [-0.39, 0.29) is 18.4 Å². The second-order valence-electron chi connectivity index (χ2n) is 4.97. The van der Waals surface area contributed by atoms with Gasteiger partial charge >= 0.3 is 0 Å². The first-order chi connectivity index (χ1) is 10.1. The highest BCUT2D eigenvalue weighted by atomic mass is 79.9. The lowest BCUT2D eigenvalue weighted by Gasteiger charge is -2.12. The number of carbonyl (C=O) groups excluding carboxylic acids is 2. The lowest BCUT2D eigenvalue weighted by atomic mass is 10.3. The van der Waals surface area contributed by atoms with Crippen molar-refractivity contribution < 1.29 is 19.2 Å². The Morgan fingerprint density at radius 3 is 2.38 bits per heavy atom. The number of benzene rings is 1. The number of rotatable bonds is 5. The van der Waals surface area contributed by atoms with E-state index in [0.29, 0.717) is 12.3 Å². The number of hydrogen-bond donors (Lipinski definition) is 3. The van der Waals surface area contributed by atoms with Crippen molar-refractivity contribution in [2.45, 2.75) is 12.8 Å². The van der Waals surface area contributed by atoms with Crippen molar-refractivity contribution >= 4 is 27.7 Å². The number of nitrogens with one attached hydrogen (secondary N) is 3. The summed E-state index contributed by atoms with van der Waals surface area (Å²) >= 11 is 3.32. The van der Waals surface area contributed by atoms with Gasteiger partial charge in [0.25, 0.3) is 11.8 Å². The zero-order valence-electron chi connectivity index (χ0n) is 11.7. The lowest BCUT2D eigenvalue weighted by Crippen LogP contribution is -3.11. The Labute approximate surface area is 131 Å². The van der Waals surface area contributed by atoms with Crippen molar-refractivity contribution in [3.8, 4) is 5.75 Å². The van der Waals surface area contributed by atoms with Gasteiger partial charge in [0, 0.05) is 17.3 Å². The van der Waals surface area contributed by atoms with E-state index in [9.17, 15) is 9.59 Å². The van der Waals surface area contributed by atoms with Crippen LogP contribution < -0.4 is 20.5 Å². The fourth-order valence-corrected chi connectivity index (χ4v) is 2.44. The van der Waals surface area contributed by atoms with Crippen molar-refractivity contribution in [3.63, 3.8) is 0 Å². The Balaban J connectivity index is 1.62. The maximum Gasteiger partial charge on any atom is 0.293 e. The van der Waals surface area contributed by atoms with Gasteiger partial charge in [-0.2, -0.15) is 0 Å². The molecule has 1 aliphatic rings. The molecular weight excluding hydrogens is 338 g/mol. The molecule has 114 valence electrons. The molecule has 0 saturated carbocycles. The molecule has 0 radical (unpaired) electrons. The molecule has 1 saturated heterocycles. The highest BCUT2D eigenvalue weighted by molar-refractivity contribution is 9.10. The van der Waals surface area contributed by atoms with Crippen molar-refractivity contribution in [2.75, 3.05) is 26.2 Å². The first kappa shape index (κ1) is 15.8. The van der Waals surface area contributed by atoms with Crippen LogP contribution in [0.5, 0.6) is 5.75 Å². The zero-order chi connectivity index (χ0) is 15.1. The van der Waals surface area contributed by atoms with E-state index in [1.807, 2.05) is 12.1 Å². The van der Waals surface area contributed by atoms with Gasteiger partial charge in [0.05, 0.1) is 13.1 Å². The van der Waals surface area contributed by atoms with Crippen LogP contribution in [0.25, 0.3) is 0 Å². The number of quaternary nitrogens is 1. The molecular formula is C14H19BrN3O3+. The summed E-state index contributed by atoms with van der Waals surface area (Å²) in [5, 5.41) is 0. The summed E-state index contributed by atoms with van der Waals surface area (Å²) in [4.78, 5) is 24.4. The van der Waals surface area contributed by atoms with Gasteiger partial charge in [-0.25, -0.2) is 0 Å². The molecule has 21 heavy (non-hydrogen) atoms. The fourth-order valence-electron chi connectivity index (χ4n) is 2.18. The maximum absolute atomic E-state index is 11.6. The minimum absolute atomic E-state index is 0.140. The summed E-state index contributed by atoms with van der Waals surface area (Å²) in [6, 6.07) is 7.17. The molecule has 6 nitrogen and oxygen atoms in total. The summed E-state index contributed by atoms with van der Waals surface area (Å²) in [6.07, 6.45) is 2.33. The van der Waals surface area contributed by atoms with Gasteiger partial charge in [0.2, 0.25) is 0 Å². The molecule has 0 aliphatic carbocycles. The van der Waals surface area contributed by atoms with Crippen molar-refractivity contribution in [1.82, 2.24) is 10.9 Å². The average Bonchev–Trinajstić information content (AvgIpc) is 2.97. The number of ether oxygens (including phenoxy) is 1. The van der Waals surface area contributed by atoms with Gasteiger partial charge < -0.3 is 9.64 Å². The van der Waals surface area contributed by atoms with Gasteiger partial charge in [-0.1, -0.05) is 15.9 Å². The Hall–Kier alpha value is -1.60. The van der Waals surface area contributed by atoms with E-state index in [0.717, 1.165) is 30.4 Å². The zero-order valence-corrected chi connectivity index (χ0v) is 13.2. The van der Waals surface area contributed by atoms with Gasteiger partial charge in [-0.3, -0.25) is 20.4 Å². The molecule has 0 aromatic heterocycles. The minimum atomic E-state index is -0.386. The van der Waals surface area contributed by atoms with E-state index < -0.39 is 0 Å². The third-order valence-corrected chi connectivity index (χ3v) is 3.77. The summed E-state index contributed by atoms with van der Waals surface area (Å²) in [5.41, 5.74) is 4.76. The van der Waals surface area contributed by atoms with Gasteiger partial charge in [0.1, 0.15) is 5.75 Å². The standard InChI is InChI=1S/C14H18BrN3O3/c15-11-3-5-12(6-4-11)21-10-14(20)17-16-13(19)9-18-7-1-2-8-18/h3-6H,1-2,7-10H2,(H,16,19)(H,17,20)/p+1. The quantitative estimate of drug-likeness (QED) is 0.631. The van der Waals surface area contributed by atoms with E-state index >= 15 is 0 Å². The Morgan fingerprint density at radius 2 is 1.71 bits per heavy atom. The molecule has 1 aliphatic heterocycles. The molecule has 0 spiro atoms. The van der Waals surface area contributed by atoms with E-state index in [2.05, 4.69) is 26.8 Å². The molecule has 2 amide bonds. The average molecular weight is 357 g/mol. The van der Waals surface area contributed by atoms with Crippen molar-refractivity contribution in [2.24, 2.45) is 0 Å². The molecule has 3 N–H and O–H groups in total. The maximum atomic E-state index is 11.6. The fraction of sp³-hybridized carbons (Fsp3) is 0.429. The summed E-state index contributed by atoms with van der Waals surface area (Å²) in [7, 11) is 0. The monoisotopic (exact) mass is 356 g/mol. The number of likely N-dealkylation sites (tertiary alicyclic amines) is 1. The predicted molar refractivity (Wildman–Crippen MR) is 80.7 cm³/mol.